The maximum atomic E-state index is 12.9. The van der Waals surface area contributed by atoms with Gasteiger partial charge in [0.05, 0.1) is 26.9 Å². The van der Waals surface area contributed by atoms with E-state index in [4.69, 9.17) is 28.4 Å². The Labute approximate surface area is 259 Å². The number of methoxy groups -OCH3 is 2. The van der Waals surface area contributed by atoms with Crippen LogP contribution in [0.1, 0.15) is 30.3 Å². The first-order chi connectivity index (χ1) is 20.9. The van der Waals surface area contributed by atoms with Crippen molar-refractivity contribution >= 4 is 11.9 Å². The highest BCUT2D eigenvalue weighted by molar-refractivity contribution is 6.10. The number of ketones is 1. The predicted molar refractivity (Wildman–Crippen MR) is 155 cm³/mol. The number of rotatable bonds is 10. The largest absolute Gasteiger partial charge is 0.507 e. The second-order valence-corrected chi connectivity index (χ2v) is 10.3. The zero-order chi connectivity index (χ0) is 32.3. The van der Waals surface area contributed by atoms with E-state index in [2.05, 4.69) is 0 Å². The van der Waals surface area contributed by atoms with Gasteiger partial charge in [-0.05, 0) is 30.7 Å². The van der Waals surface area contributed by atoms with E-state index in [1.54, 1.807) is 6.07 Å². The van der Waals surface area contributed by atoms with Crippen molar-refractivity contribution in [2.45, 2.75) is 75.8 Å². The average Bonchev–Trinajstić information content (AvgIpc) is 3.00. The first-order valence-electron chi connectivity index (χ1n) is 13.5. The van der Waals surface area contributed by atoms with Gasteiger partial charge >= 0.3 is 0 Å². The second-order valence-electron chi connectivity index (χ2n) is 10.3. The number of phenolic OH excluding ortho intramolecular Hbond substituents is 2. The van der Waals surface area contributed by atoms with Crippen LogP contribution in [0.5, 0.6) is 28.7 Å². The van der Waals surface area contributed by atoms with Crippen LogP contribution < -0.4 is 14.2 Å². The molecule has 2 aromatic rings. The summed E-state index contributed by atoms with van der Waals surface area (Å²) in [6.07, 6.45) is -12.4. The van der Waals surface area contributed by atoms with Gasteiger partial charge in [0.2, 0.25) is 6.29 Å². The lowest BCUT2D eigenvalue weighted by Crippen LogP contribution is -2.61. The van der Waals surface area contributed by atoms with Crippen molar-refractivity contribution in [2.24, 2.45) is 0 Å². The number of ether oxygens (including phenoxy) is 6. The minimum atomic E-state index is -1.77. The summed E-state index contributed by atoms with van der Waals surface area (Å²) < 4.78 is 32.3. The highest BCUT2D eigenvalue weighted by Gasteiger charge is 2.47. The SMILES string of the molecule is C.COc1ccc(/C=C/C(=O)c2c(O)cc(O[C@@H]3O[C@H](CO[C@@H]4O[C@@H](C)[C@H](O)[C@@H](O)[C@H]4O)[C@@H](O)[C@H](O)[C@H]3O)cc2OC)cc1O. The summed E-state index contributed by atoms with van der Waals surface area (Å²) >= 11 is 0. The molecule has 10 atom stereocenters. The Hall–Kier alpha value is -3.51. The van der Waals surface area contributed by atoms with Crippen LogP contribution in [0.25, 0.3) is 6.08 Å². The minimum Gasteiger partial charge on any atom is -0.507 e. The number of carbonyl (C=O) groups is 1. The van der Waals surface area contributed by atoms with E-state index >= 15 is 0 Å². The normalized spacial score (nSPS) is 31.7. The van der Waals surface area contributed by atoms with Gasteiger partial charge in [-0.25, -0.2) is 0 Å². The van der Waals surface area contributed by atoms with Crippen molar-refractivity contribution in [1.82, 2.24) is 0 Å². The van der Waals surface area contributed by atoms with Crippen LogP contribution in [0.15, 0.2) is 36.4 Å². The molecule has 8 N–H and O–H groups in total. The lowest BCUT2D eigenvalue weighted by atomic mass is 9.98. The van der Waals surface area contributed by atoms with Gasteiger partial charge < -0.3 is 69.3 Å². The molecule has 0 unspecified atom stereocenters. The maximum absolute atomic E-state index is 12.9. The number of aliphatic hydroxyl groups excluding tert-OH is 6. The molecule has 0 aliphatic carbocycles. The van der Waals surface area contributed by atoms with E-state index < -0.39 is 79.6 Å². The highest BCUT2D eigenvalue weighted by Crippen LogP contribution is 2.36. The quantitative estimate of drug-likeness (QED) is 0.123. The third kappa shape index (κ3) is 7.84. The Morgan fingerprint density at radius 3 is 2.09 bits per heavy atom. The van der Waals surface area contributed by atoms with E-state index in [-0.39, 0.29) is 36.0 Å². The van der Waals surface area contributed by atoms with Gasteiger partial charge in [-0.2, -0.15) is 0 Å². The molecule has 2 aliphatic heterocycles. The molecule has 0 aromatic heterocycles. The zero-order valence-electron chi connectivity index (χ0n) is 24.0. The molecule has 2 saturated heterocycles. The molecule has 0 spiro atoms. The molecule has 0 radical (unpaired) electrons. The molecule has 2 aliphatic rings. The van der Waals surface area contributed by atoms with E-state index in [1.807, 2.05) is 0 Å². The standard InChI is InChI=1S/C29H36O15.CH4/c1-12-22(33)24(35)26(37)28(42-12)41-11-20-23(34)25(36)27(38)29(44-20)43-14-9-17(32)21(19(10-14)40-3)15(30)6-4-13-5-7-18(39-2)16(31)8-13;/h4-10,12,20,22-29,31-38H,11H2,1-3H3;1H4/b6-4+;/t12-,20+,22-,23+,24+,25-,26+,27+,28+,29+;/m0./s1. The van der Waals surface area contributed by atoms with Crippen LogP contribution in [-0.4, -0.2) is 129 Å². The Bertz CT molecular complexity index is 1330. The number of carbonyl (C=O) groups excluding carboxylic acids is 1. The summed E-state index contributed by atoms with van der Waals surface area (Å²) in [7, 11) is 2.65. The van der Waals surface area contributed by atoms with Crippen LogP contribution in [0, 0.1) is 0 Å². The van der Waals surface area contributed by atoms with Crippen LogP contribution >= 0.6 is 0 Å². The van der Waals surface area contributed by atoms with Gasteiger partial charge in [0.25, 0.3) is 0 Å². The molecule has 15 nitrogen and oxygen atoms in total. The van der Waals surface area contributed by atoms with Crippen LogP contribution in [0.4, 0.5) is 0 Å². The molecule has 0 amide bonds. The lowest BCUT2D eigenvalue weighted by molar-refractivity contribution is -0.318. The Morgan fingerprint density at radius 2 is 1.44 bits per heavy atom. The summed E-state index contributed by atoms with van der Waals surface area (Å²) in [5.74, 6) is -1.31. The van der Waals surface area contributed by atoms with Gasteiger partial charge in [-0.15, -0.1) is 0 Å². The molecule has 2 fully saturated rings. The second kappa shape index (κ2) is 15.2. The Kier molecular flexibility index (Phi) is 12.1. The first-order valence-corrected chi connectivity index (χ1v) is 13.5. The summed E-state index contributed by atoms with van der Waals surface area (Å²) in [6, 6.07) is 6.80. The van der Waals surface area contributed by atoms with Crippen molar-refractivity contribution in [2.75, 3.05) is 20.8 Å². The summed E-state index contributed by atoms with van der Waals surface area (Å²) in [5.41, 5.74) is 0.263. The van der Waals surface area contributed by atoms with Gasteiger partial charge in [0, 0.05) is 12.1 Å². The van der Waals surface area contributed by atoms with E-state index in [1.165, 1.54) is 45.4 Å². The number of hydrogen-bond acceptors (Lipinski definition) is 15. The van der Waals surface area contributed by atoms with Crippen molar-refractivity contribution in [3.63, 3.8) is 0 Å². The minimum absolute atomic E-state index is 0. The fourth-order valence-electron chi connectivity index (χ4n) is 4.75. The van der Waals surface area contributed by atoms with Crippen molar-refractivity contribution in [3.8, 4) is 28.7 Å². The number of aliphatic hydroxyl groups is 6. The van der Waals surface area contributed by atoms with Crippen LogP contribution in [0.2, 0.25) is 0 Å². The first kappa shape index (κ1) is 36.0. The fraction of sp³-hybridized carbons (Fsp3) is 0.500. The number of hydrogen-bond donors (Lipinski definition) is 8. The van der Waals surface area contributed by atoms with Gasteiger partial charge in [0.1, 0.15) is 65.5 Å². The molecule has 250 valence electrons. The number of allylic oxidation sites excluding steroid dienone is 1. The molecule has 45 heavy (non-hydrogen) atoms. The van der Waals surface area contributed by atoms with Crippen molar-refractivity contribution in [1.29, 1.82) is 0 Å². The summed E-state index contributed by atoms with van der Waals surface area (Å²) in [5, 5.41) is 82.0. The van der Waals surface area contributed by atoms with Crippen molar-refractivity contribution in [3.05, 3.63) is 47.5 Å². The molecular formula is C30H40O15. The fourth-order valence-corrected chi connectivity index (χ4v) is 4.75. The smallest absolute Gasteiger partial charge is 0.229 e. The maximum Gasteiger partial charge on any atom is 0.229 e. The lowest BCUT2D eigenvalue weighted by Gasteiger charge is -2.42. The topological polar surface area (TPSA) is 234 Å². The van der Waals surface area contributed by atoms with Crippen LogP contribution in [-0.2, 0) is 14.2 Å². The number of benzene rings is 2. The highest BCUT2D eigenvalue weighted by atomic mass is 16.7. The summed E-state index contributed by atoms with van der Waals surface area (Å²) in [4.78, 5) is 12.9. The Balaban J connectivity index is 0.00000552. The van der Waals surface area contributed by atoms with Gasteiger partial charge in [-0.1, -0.05) is 19.6 Å². The van der Waals surface area contributed by atoms with Gasteiger partial charge in [-0.3, -0.25) is 4.79 Å². The third-order valence-corrected chi connectivity index (χ3v) is 7.31. The Morgan fingerprint density at radius 1 is 0.800 bits per heavy atom. The number of aromatic hydroxyl groups is 2. The molecule has 15 heteroatoms. The average molecular weight is 641 g/mol. The van der Waals surface area contributed by atoms with E-state index in [0.717, 1.165) is 12.1 Å². The third-order valence-electron chi connectivity index (χ3n) is 7.31. The monoisotopic (exact) mass is 640 g/mol. The molecule has 4 rings (SSSR count). The van der Waals surface area contributed by atoms with E-state index in [0.29, 0.717) is 5.56 Å². The molecular weight excluding hydrogens is 600 g/mol. The predicted octanol–water partition coefficient (Wildman–Crippen LogP) is -0.322. The molecule has 2 aromatic carbocycles. The molecule has 2 heterocycles. The van der Waals surface area contributed by atoms with Gasteiger partial charge in [0.15, 0.2) is 23.6 Å². The zero-order valence-corrected chi connectivity index (χ0v) is 24.0. The number of phenols is 2. The van der Waals surface area contributed by atoms with E-state index in [9.17, 15) is 45.6 Å². The summed E-state index contributed by atoms with van der Waals surface area (Å²) in [6.45, 7) is 0.958. The molecule has 0 bridgehead atoms. The molecule has 0 saturated carbocycles. The van der Waals surface area contributed by atoms with Crippen LogP contribution in [0.3, 0.4) is 0 Å². The van der Waals surface area contributed by atoms with Crippen molar-refractivity contribution < 1.29 is 74.1 Å².